The van der Waals surface area contributed by atoms with E-state index in [4.69, 9.17) is 11.5 Å². The Morgan fingerprint density at radius 1 is 1.23 bits per heavy atom. The zero-order valence-electron chi connectivity index (χ0n) is 6.88. The summed E-state index contributed by atoms with van der Waals surface area (Å²) in [5, 5.41) is 6.21. The van der Waals surface area contributed by atoms with Gasteiger partial charge in [0.05, 0.1) is 0 Å². The van der Waals surface area contributed by atoms with Crippen LogP contribution in [0, 0.1) is 0 Å². The van der Waals surface area contributed by atoms with Crippen LogP contribution >= 0.6 is 0 Å². The molecule has 2 rings (SSSR count). The number of anilines is 2. The molecule has 2 heterocycles. The molecule has 13 heavy (non-hydrogen) atoms. The van der Waals surface area contributed by atoms with Crippen LogP contribution in [-0.2, 0) is 0 Å². The highest BCUT2D eigenvalue weighted by Crippen LogP contribution is 1.94. The van der Waals surface area contributed by atoms with Gasteiger partial charge in [-0.2, -0.15) is 10.1 Å². The Labute approximate surface area is 75.0 Å². The Bertz CT molecular complexity index is 296. The largest absolute Gasteiger partial charge is 0.384 e. The molecule has 6 heteroatoms. The normalized spacial score (nSPS) is 8.62. The SMILES string of the molecule is Nc1ccnc(N)n1.c1cn[nH]c1. The highest BCUT2D eigenvalue weighted by atomic mass is 15.1. The fourth-order valence-electron chi connectivity index (χ4n) is 0.604. The van der Waals surface area contributed by atoms with Crippen molar-refractivity contribution in [2.45, 2.75) is 0 Å². The Morgan fingerprint density at radius 2 is 2.08 bits per heavy atom. The number of nitrogen functional groups attached to an aromatic ring is 2. The lowest BCUT2D eigenvalue weighted by Gasteiger charge is -1.89. The third-order valence-electron chi connectivity index (χ3n) is 1.10. The van der Waals surface area contributed by atoms with Crippen molar-refractivity contribution in [1.29, 1.82) is 0 Å². The lowest BCUT2D eigenvalue weighted by atomic mass is 10.6. The predicted molar refractivity (Wildman–Crippen MR) is 49.4 cm³/mol. The summed E-state index contributed by atoms with van der Waals surface area (Å²) in [6, 6.07) is 3.41. The van der Waals surface area contributed by atoms with Gasteiger partial charge >= 0.3 is 0 Å². The van der Waals surface area contributed by atoms with E-state index in [2.05, 4.69) is 20.2 Å². The molecule has 0 amide bonds. The molecule has 68 valence electrons. The van der Waals surface area contributed by atoms with Crippen LogP contribution in [-0.4, -0.2) is 20.2 Å². The molecule has 0 aliphatic rings. The van der Waals surface area contributed by atoms with Crippen molar-refractivity contribution in [1.82, 2.24) is 20.2 Å². The molecule has 0 saturated heterocycles. The van der Waals surface area contributed by atoms with Crippen LogP contribution in [0.1, 0.15) is 0 Å². The Morgan fingerprint density at radius 3 is 2.38 bits per heavy atom. The van der Waals surface area contributed by atoms with Crippen LogP contribution in [0.5, 0.6) is 0 Å². The maximum Gasteiger partial charge on any atom is 0.221 e. The number of nitrogens with one attached hydrogen (secondary N) is 1. The second-order valence-electron chi connectivity index (χ2n) is 2.11. The average Bonchev–Trinajstić information content (AvgIpc) is 2.59. The van der Waals surface area contributed by atoms with E-state index in [1.165, 1.54) is 6.20 Å². The second kappa shape index (κ2) is 4.70. The van der Waals surface area contributed by atoms with Crippen LogP contribution < -0.4 is 11.5 Å². The number of nitrogens with zero attached hydrogens (tertiary/aromatic N) is 3. The number of aromatic amines is 1. The molecule has 2 aromatic heterocycles. The molecule has 5 N–H and O–H groups in total. The lowest BCUT2D eigenvalue weighted by Crippen LogP contribution is -1.96. The van der Waals surface area contributed by atoms with Crippen molar-refractivity contribution in [2.75, 3.05) is 11.5 Å². The van der Waals surface area contributed by atoms with Crippen LogP contribution in [0.4, 0.5) is 11.8 Å². The van der Waals surface area contributed by atoms with E-state index in [9.17, 15) is 0 Å². The topological polar surface area (TPSA) is 106 Å². The standard InChI is InChI=1S/C4H6N4.C3H4N2/c5-3-1-2-7-4(6)8-3;1-2-4-5-3-1/h1-2H,(H4,5,6,7,8);1-3H,(H,4,5). The van der Waals surface area contributed by atoms with Gasteiger partial charge < -0.3 is 11.5 Å². The van der Waals surface area contributed by atoms with E-state index >= 15 is 0 Å². The summed E-state index contributed by atoms with van der Waals surface area (Å²) in [7, 11) is 0. The molecule has 0 aromatic carbocycles. The minimum atomic E-state index is 0.213. The number of aromatic nitrogens is 4. The average molecular weight is 178 g/mol. The first-order valence-electron chi connectivity index (χ1n) is 3.57. The van der Waals surface area contributed by atoms with Gasteiger partial charge in [0.1, 0.15) is 5.82 Å². The number of H-pyrrole nitrogens is 1. The monoisotopic (exact) mass is 178 g/mol. The molecule has 0 aliphatic heterocycles. The van der Waals surface area contributed by atoms with Gasteiger partial charge in [0, 0.05) is 18.6 Å². The van der Waals surface area contributed by atoms with Crippen LogP contribution in [0.3, 0.4) is 0 Å². The lowest BCUT2D eigenvalue weighted by molar-refractivity contribution is 1.09. The number of hydrogen-bond donors (Lipinski definition) is 3. The third-order valence-corrected chi connectivity index (χ3v) is 1.10. The van der Waals surface area contributed by atoms with Crippen molar-refractivity contribution >= 4 is 11.8 Å². The van der Waals surface area contributed by atoms with E-state index < -0.39 is 0 Å². The number of hydrogen-bond acceptors (Lipinski definition) is 5. The minimum absolute atomic E-state index is 0.213. The quantitative estimate of drug-likeness (QED) is 0.528. The van der Waals surface area contributed by atoms with Crippen molar-refractivity contribution < 1.29 is 0 Å². The summed E-state index contributed by atoms with van der Waals surface area (Å²) in [5.74, 6) is 0.613. The summed E-state index contributed by atoms with van der Waals surface area (Å²) < 4.78 is 0. The zero-order valence-corrected chi connectivity index (χ0v) is 6.88. The van der Waals surface area contributed by atoms with E-state index in [0.717, 1.165) is 0 Å². The smallest absolute Gasteiger partial charge is 0.221 e. The molecule has 0 spiro atoms. The molecule has 0 unspecified atom stereocenters. The molecular formula is C7H10N6. The molecular weight excluding hydrogens is 168 g/mol. The van der Waals surface area contributed by atoms with Crippen LogP contribution in [0.25, 0.3) is 0 Å². The van der Waals surface area contributed by atoms with Gasteiger partial charge in [0.15, 0.2) is 0 Å². The Kier molecular flexibility index (Phi) is 3.25. The van der Waals surface area contributed by atoms with Crippen LogP contribution in [0.15, 0.2) is 30.7 Å². The van der Waals surface area contributed by atoms with E-state index in [-0.39, 0.29) is 5.95 Å². The van der Waals surface area contributed by atoms with Crippen molar-refractivity contribution in [3.05, 3.63) is 30.7 Å². The van der Waals surface area contributed by atoms with Gasteiger partial charge in [-0.15, -0.1) is 0 Å². The Hall–Kier alpha value is -2.11. The molecule has 0 fully saturated rings. The van der Waals surface area contributed by atoms with E-state index in [0.29, 0.717) is 5.82 Å². The molecule has 0 saturated carbocycles. The second-order valence-corrected chi connectivity index (χ2v) is 2.11. The molecule has 0 radical (unpaired) electrons. The van der Waals surface area contributed by atoms with Crippen molar-refractivity contribution in [3.63, 3.8) is 0 Å². The fraction of sp³-hybridized carbons (Fsp3) is 0. The van der Waals surface area contributed by atoms with Crippen LogP contribution in [0.2, 0.25) is 0 Å². The van der Waals surface area contributed by atoms with Gasteiger partial charge in [0.25, 0.3) is 0 Å². The Balaban J connectivity index is 0.000000145. The highest BCUT2D eigenvalue weighted by molar-refractivity contribution is 5.31. The molecule has 0 atom stereocenters. The molecule has 2 aromatic rings. The first kappa shape index (κ1) is 8.98. The minimum Gasteiger partial charge on any atom is -0.384 e. The van der Waals surface area contributed by atoms with E-state index in [1.807, 2.05) is 6.07 Å². The maximum absolute atomic E-state index is 5.23. The third kappa shape index (κ3) is 3.71. The van der Waals surface area contributed by atoms with Gasteiger partial charge in [-0.25, -0.2) is 4.98 Å². The molecule has 6 nitrogen and oxygen atoms in total. The molecule has 0 bridgehead atoms. The first-order valence-corrected chi connectivity index (χ1v) is 3.57. The zero-order chi connectivity index (χ0) is 9.52. The van der Waals surface area contributed by atoms with Crippen molar-refractivity contribution in [2.24, 2.45) is 0 Å². The van der Waals surface area contributed by atoms with Gasteiger partial charge in [-0.1, -0.05) is 0 Å². The fourth-order valence-corrected chi connectivity index (χ4v) is 0.604. The summed E-state index contributed by atoms with van der Waals surface area (Å²) in [4.78, 5) is 7.24. The predicted octanol–water partition coefficient (Wildman–Crippen LogP) is 0.0507. The molecule has 0 aliphatic carbocycles. The highest BCUT2D eigenvalue weighted by Gasteiger charge is 1.84. The van der Waals surface area contributed by atoms with E-state index in [1.54, 1.807) is 18.5 Å². The number of rotatable bonds is 0. The first-order chi connectivity index (χ1) is 6.29. The summed E-state index contributed by atoms with van der Waals surface area (Å²) >= 11 is 0. The summed E-state index contributed by atoms with van der Waals surface area (Å²) in [6.45, 7) is 0. The van der Waals surface area contributed by atoms with Gasteiger partial charge in [-0.05, 0) is 12.1 Å². The van der Waals surface area contributed by atoms with Gasteiger partial charge in [-0.3, -0.25) is 5.10 Å². The van der Waals surface area contributed by atoms with Gasteiger partial charge in [0.2, 0.25) is 5.95 Å². The van der Waals surface area contributed by atoms with Crippen molar-refractivity contribution in [3.8, 4) is 0 Å². The summed E-state index contributed by atoms with van der Waals surface area (Å²) in [6.07, 6.45) is 4.97. The summed E-state index contributed by atoms with van der Waals surface area (Å²) in [5.41, 5.74) is 10.4. The number of nitrogens with two attached hydrogens (primary N) is 2. The maximum atomic E-state index is 5.23.